The van der Waals surface area contributed by atoms with Crippen molar-refractivity contribution in [2.75, 3.05) is 7.11 Å². The van der Waals surface area contributed by atoms with E-state index in [0.717, 1.165) is 5.56 Å². The third kappa shape index (κ3) is 4.26. The van der Waals surface area contributed by atoms with Crippen LogP contribution < -0.4 is 5.32 Å². The van der Waals surface area contributed by atoms with E-state index in [4.69, 9.17) is 23.2 Å². The summed E-state index contributed by atoms with van der Waals surface area (Å²) in [5.41, 5.74) is 1.06. The summed E-state index contributed by atoms with van der Waals surface area (Å²) in [4.78, 5) is 26.5. The molecule has 1 heterocycles. The van der Waals surface area contributed by atoms with Crippen LogP contribution in [0.3, 0.4) is 0 Å². The van der Waals surface area contributed by atoms with Crippen LogP contribution in [0, 0.1) is 0 Å². The SMILES string of the molecule is COC(=O)CC(NC(=O)c1cc(Cl)c[nH]1)c1ccc(Cl)cc1. The van der Waals surface area contributed by atoms with Crippen molar-refractivity contribution in [1.82, 2.24) is 10.3 Å². The minimum atomic E-state index is -0.528. The zero-order chi connectivity index (χ0) is 16.1. The molecule has 0 spiro atoms. The summed E-state index contributed by atoms with van der Waals surface area (Å²) in [5, 5.41) is 3.78. The molecular weight excluding hydrogens is 327 g/mol. The van der Waals surface area contributed by atoms with Gasteiger partial charge in [0.05, 0.1) is 24.6 Å². The number of esters is 1. The van der Waals surface area contributed by atoms with E-state index in [1.54, 1.807) is 24.3 Å². The van der Waals surface area contributed by atoms with Gasteiger partial charge in [0.15, 0.2) is 0 Å². The molecule has 22 heavy (non-hydrogen) atoms. The average Bonchev–Trinajstić information content (AvgIpc) is 2.94. The number of halogens is 2. The Kier molecular flexibility index (Phi) is 5.46. The Morgan fingerprint density at radius 1 is 1.23 bits per heavy atom. The van der Waals surface area contributed by atoms with Crippen LogP contribution in [0.2, 0.25) is 10.0 Å². The number of nitrogens with one attached hydrogen (secondary N) is 2. The molecule has 2 N–H and O–H groups in total. The quantitative estimate of drug-likeness (QED) is 0.820. The molecule has 5 nitrogen and oxygen atoms in total. The van der Waals surface area contributed by atoms with Gasteiger partial charge in [-0.05, 0) is 23.8 Å². The van der Waals surface area contributed by atoms with Crippen LogP contribution in [0.25, 0.3) is 0 Å². The van der Waals surface area contributed by atoms with Crippen molar-refractivity contribution in [3.8, 4) is 0 Å². The predicted molar refractivity (Wildman–Crippen MR) is 84.1 cm³/mol. The summed E-state index contributed by atoms with van der Waals surface area (Å²) in [7, 11) is 1.30. The first-order valence-corrected chi connectivity index (χ1v) is 7.22. The Morgan fingerprint density at radius 3 is 2.45 bits per heavy atom. The Hall–Kier alpha value is -1.98. The number of ether oxygens (including phenoxy) is 1. The van der Waals surface area contributed by atoms with Crippen molar-refractivity contribution in [3.05, 3.63) is 57.8 Å². The molecule has 2 aromatic rings. The third-order valence-corrected chi connectivity index (χ3v) is 3.54. The molecule has 1 aromatic carbocycles. The maximum absolute atomic E-state index is 12.2. The molecule has 116 valence electrons. The lowest BCUT2D eigenvalue weighted by Gasteiger charge is -2.18. The van der Waals surface area contributed by atoms with E-state index < -0.39 is 12.0 Å². The molecule has 1 unspecified atom stereocenters. The molecule has 1 atom stereocenters. The zero-order valence-corrected chi connectivity index (χ0v) is 13.2. The first kappa shape index (κ1) is 16.4. The van der Waals surface area contributed by atoms with E-state index in [1.807, 2.05) is 0 Å². The van der Waals surface area contributed by atoms with Crippen molar-refractivity contribution < 1.29 is 14.3 Å². The van der Waals surface area contributed by atoms with Crippen molar-refractivity contribution in [2.45, 2.75) is 12.5 Å². The number of aromatic nitrogens is 1. The van der Waals surface area contributed by atoms with Crippen molar-refractivity contribution in [3.63, 3.8) is 0 Å². The van der Waals surface area contributed by atoms with Gasteiger partial charge in [-0.2, -0.15) is 0 Å². The lowest BCUT2D eigenvalue weighted by Crippen LogP contribution is -2.30. The van der Waals surface area contributed by atoms with Crippen molar-refractivity contribution >= 4 is 35.1 Å². The van der Waals surface area contributed by atoms with Crippen LogP contribution in [0.4, 0.5) is 0 Å². The number of benzene rings is 1. The molecule has 7 heteroatoms. The van der Waals surface area contributed by atoms with Gasteiger partial charge >= 0.3 is 5.97 Å². The molecule has 0 radical (unpaired) electrons. The Morgan fingerprint density at radius 2 is 1.91 bits per heavy atom. The van der Waals surface area contributed by atoms with Gasteiger partial charge in [0.25, 0.3) is 5.91 Å². The number of H-pyrrole nitrogens is 1. The molecular formula is C15H14Cl2N2O3. The largest absolute Gasteiger partial charge is 0.469 e. The normalized spacial score (nSPS) is 11.8. The fourth-order valence-electron chi connectivity index (χ4n) is 1.93. The standard InChI is InChI=1S/C15H14Cl2N2O3/c1-22-14(20)7-12(9-2-4-10(16)5-3-9)19-15(21)13-6-11(17)8-18-13/h2-6,8,12,18H,7H2,1H3,(H,19,21). The van der Waals surface area contributed by atoms with Gasteiger partial charge < -0.3 is 15.0 Å². The third-order valence-electron chi connectivity index (χ3n) is 3.07. The summed E-state index contributed by atoms with van der Waals surface area (Å²) in [6.07, 6.45) is 1.52. The lowest BCUT2D eigenvalue weighted by molar-refractivity contribution is -0.141. The summed E-state index contributed by atoms with van der Waals surface area (Å²) in [6, 6.07) is 7.86. The number of hydrogen-bond donors (Lipinski definition) is 2. The minimum Gasteiger partial charge on any atom is -0.469 e. The number of amides is 1. The minimum absolute atomic E-state index is 0.0122. The maximum Gasteiger partial charge on any atom is 0.307 e. The molecule has 1 amide bonds. The number of carbonyl (C=O) groups excluding carboxylic acids is 2. The number of rotatable bonds is 5. The first-order valence-electron chi connectivity index (χ1n) is 6.46. The second-order valence-electron chi connectivity index (χ2n) is 4.59. The van der Waals surface area contributed by atoms with Crippen molar-refractivity contribution in [2.24, 2.45) is 0 Å². The highest BCUT2D eigenvalue weighted by molar-refractivity contribution is 6.31. The monoisotopic (exact) mass is 340 g/mol. The fraction of sp³-hybridized carbons (Fsp3) is 0.200. The molecule has 0 saturated heterocycles. The number of aromatic amines is 1. The second-order valence-corrected chi connectivity index (χ2v) is 5.46. The second kappa shape index (κ2) is 7.33. The van der Waals surface area contributed by atoms with E-state index in [2.05, 4.69) is 15.0 Å². The smallest absolute Gasteiger partial charge is 0.307 e. The van der Waals surface area contributed by atoms with E-state index in [0.29, 0.717) is 15.7 Å². The lowest BCUT2D eigenvalue weighted by atomic mass is 10.0. The van der Waals surface area contributed by atoms with Gasteiger partial charge in [-0.15, -0.1) is 0 Å². The molecule has 0 aliphatic rings. The van der Waals surface area contributed by atoms with Gasteiger partial charge in [-0.25, -0.2) is 0 Å². The van der Waals surface area contributed by atoms with E-state index in [1.165, 1.54) is 19.4 Å². The predicted octanol–water partition coefficient (Wildman–Crippen LogP) is 3.36. The Balaban J connectivity index is 2.18. The molecule has 0 bridgehead atoms. The summed E-state index contributed by atoms with van der Waals surface area (Å²) < 4.78 is 4.67. The first-order chi connectivity index (χ1) is 10.5. The van der Waals surface area contributed by atoms with E-state index in [9.17, 15) is 9.59 Å². The van der Waals surface area contributed by atoms with E-state index >= 15 is 0 Å². The number of methoxy groups -OCH3 is 1. The van der Waals surface area contributed by atoms with Crippen LogP contribution in [0.15, 0.2) is 36.5 Å². The highest BCUT2D eigenvalue weighted by Gasteiger charge is 2.20. The Bertz CT molecular complexity index is 668. The van der Waals surface area contributed by atoms with Crippen LogP contribution >= 0.6 is 23.2 Å². The van der Waals surface area contributed by atoms with Crippen LogP contribution in [-0.4, -0.2) is 24.0 Å². The van der Waals surface area contributed by atoms with Gasteiger partial charge in [0, 0.05) is 11.2 Å². The van der Waals surface area contributed by atoms with Crippen LogP contribution in [0.1, 0.15) is 28.5 Å². The molecule has 1 aromatic heterocycles. The number of hydrogen-bond acceptors (Lipinski definition) is 3. The van der Waals surface area contributed by atoms with Crippen LogP contribution in [0.5, 0.6) is 0 Å². The molecule has 2 rings (SSSR count). The molecule has 0 aliphatic carbocycles. The average molecular weight is 341 g/mol. The van der Waals surface area contributed by atoms with Gasteiger partial charge in [0.2, 0.25) is 0 Å². The fourth-order valence-corrected chi connectivity index (χ4v) is 2.22. The molecule has 0 fully saturated rings. The number of carbonyl (C=O) groups is 2. The zero-order valence-electron chi connectivity index (χ0n) is 11.7. The topological polar surface area (TPSA) is 71.2 Å². The molecule has 0 saturated carbocycles. The highest BCUT2D eigenvalue weighted by Crippen LogP contribution is 2.21. The summed E-state index contributed by atoms with van der Waals surface area (Å²) in [6.45, 7) is 0. The maximum atomic E-state index is 12.2. The van der Waals surface area contributed by atoms with Gasteiger partial charge in [0.1, 0.15) is 5.69 Å². The summed E-state index contributed by atoms with van der Waals surface area (Å²) >= 11 is 11.6. The molecule has 0 aliphatic heterocycles. The summed E-state index contributed by atoms with van der Waals surface area (Å²) in [5.74, 6) is -0.791. The highest BCUT2D eigenvalue weighted by atomic mass is 35.5. The Labute approximate surface area is 137 Å². The van der Waals surface area contributed by atoms with Crippen molar-refractivity contribution in [1.29, 1.82) is 0 Å². The van der Waals surface area contributed by atoms with Crippen LogP contribution in [-0.2, 0) is 9.53 Å². The van der Waals surface area contributed by atoms with Gasteiger partial charge in [-0.1, -0.05) is 35.3 Å². The van der Waals surface area contributed by atoms with E-state index in [-0.39, 0.29) is 12.3 Å². The van der Waals surface area contributed by atoms with Gasteiger partial charge in [-0.3, -0.25) is 9.59 Å².